The summed E-state index contributed by atoms with van der Waals surface area (Å²) in [5, 5.41) is 9.00. The van der Waals surface area contributed by atoms with Crippen molar-refractivity contribution in [3.63, 3.8) is 0 Å². The number of benzene rings is 1. The molecule has 6 heteroatoms. The van der Waals surface area contributed by atoms with Crippen molar-refractivity contribution in [2.24, 2.45) is 23.2 Å². The van der Waals surface area contributed by atoms with Crippen LogP contribution in [-0.2, 0) is 17.9 Å². The standard InChI is InChI=1S/C28H35N5O/c29-15-21-1-3-22(4-2-21)17-33-20-30-16-26(33)18-31-7-8-32(27(34)19-31)6-5-28-12-23-9-24(13-28)11-25(10-23)14-28/h1-4,16,20,23-25H,5-14,17-19H2. The van der Waals surface area contributed by atoms with E-state index in [-0.39, 0.29) is 5.91 Å². The molecule has 178 valence electrons. The molecule has 1 aliphatic heterocycles. The molecule has 0 N–H and O–H groups in total. The number of piperazine rings is 1. The van der Waals surface area contributed by atoms with Gasteiger partial charge in [-0.05, 0) is 85.8 Å². The normalized spacial score (nSPS) is 30.6. The summed E-state index contributed by atoms with van der Waals surface area (Å²) in [6, 6.07) is 9.86. The van der Waals surface area contributed by atoms with Gasteiger partial charge in [0.2, 0.25) is 5.91 Å². The average Bonchev–Trinajstić information content (AvgIpc) is 3.24. The third-order valence-corrected chi connectivity index (χ3v) is 9.09. The van der Waals surface area contributed by atoms with Crippen LogP contribution in [0.5, 0.6) is 0 Å². The van der Waals surface area contributed by atoms with Crippen LogP contribution in [0.4, 0.5) is 0 Å². The topological polar surface area (TPSA) is 65.2 Å². The van der Waals surface area contributed by atoms with Gasteiger partial charge in [-0.3, -0.25) is 9.69 Å². The lowest BCUT2D eigenvalue weighted by Crippen LogP contribution is -2.52. The van der Waals surface area contributed by atoms with Crippen molar-refractivity contribution in [1.29, 1.82) is 5.26 Å². The molecule has 0 atom stereocenters. The fourth-order valence-corrected chi connectivity index (χ4v) is 7.83. The second-order valence-corrected chi connectivity index (χ2v) is 11.6. The first-order valence-electron chi connectivity index (χ1n) is 13.1. The molecule has 6 nitrogen and oxygen atoms in total. The van der Waals surface area contributed by atoms with E-state index in [1.165, 1.54) is 44.9 Å². The molecule has 2 aromatic rings. The monoisotopic (exact) mass is 457 g/mol. The Morgan fingerprint density at radius 1 is 1.00 bits per heavy atom. The Labute approximate surface area is 202 Å². The zero-order valence-corrected chi connectivity index (χ0v) is 20.0. The highest BCUT2D eigenvalue weighted by molar-refractivity contribution is 5.79. The van der Waals surface area contributed by atoms with Crippen LogP contribution in [0.2, 0.25) is 0 Å². The molecular weight excluding hydrogens is 422 g/mol. The summed E-state index contributed by atoms with van der Waals surface area (Å²) in [6.07, 6.45) is 13.7. The molecule has 0 spiro atoms. The minimum Gasteiger partial charge on any atom is -0.340 e. The summed E-state index contributed by atoms with van der Waals surface area (Å²) in [4.78, 5) is 21.8. The molecule has 1 saturated heterocycles. The number of aromatic nitrogens is 2. The van der Waals surface area contributed by atoms with Gasteiger partial charge in [-0.25, -0.2) is 4.98 Å². The molecule has 5 fully saturated rings. The Bertz CT molecular complexity index is 1050. The van der Waals surface area contributed by atoms with Gasteiger partial charge in [-0.15, -0.1) is 0 Å². The van der Waals surface area contributed by atoms with Crippen molar-refractivity contribution in [3.8, 4) is 6.07 Å². The van der Waals surface area contributed by atoms with Gasteiger partial charge in [0.05, 0.1) is 30.2 Å². The average molecular weight is 458 g/mol. The van der Waals surface area contributed by atoms with Crippen LogP contribution in [-0.4, -0.2) is 51.4 Å². The largest absolute Gasteiger partial charge is 0.340 e. The number of nitriles is 1. The molecule has 4 bridgehead atoms. The summed E-state index contributed by atoms with van der Waals surface area (Å²) in [6.45, 7) is 4.69. The van der Waals surface area contributed by atoms with E-state index >= 15 is 0 Å². The van der Waals surface area contributed by atoms with E-state index in [4.69, 9.17) is 5.26 Å². The SMILES string of the molecule is N#Cc1ccc(Cn2cncc2CN2CCN(CCC34CC5CC(CC(C5)C3)C4)C(=O)C2)cc1. The van der Waals surface area contributed by atoms with Crippen molar-refractivity contribution >= 4 is 5.91 Å². The molecule has 1 amide bonds. The fraction of sp³-hybridized carbons (Fsp3) is 0.607. The maximum Gasteiger partial charge on any atom is 0.236 e. The zero-order chi connectivity index (χ0) is 23.1. The van der Waals surface area contributed by atoms with Crippen LogP contribution in [0, 0.1) is 34.5 Å². The number of amides is 1. The minimum atomic E-state index is 0.286. The summed E-state index contributed by atoms with van der Waals surface area (Å²) in [5.74, 6) is 3.22. The van der Waals surface area contributed by atoms with Crippen LogP contribution in [0.1, 0.15) is 61.8 Å². The van der Waals surface area contributed by atoms with Gasteiger partial charge < -0.3 is 9.47 Å². The van der Waals surface area contributed by atoms with E-state index in [0.717, 1.165) is 61.7 Å². The molecule has 0 radical (unpaired) electrons. The summed E-state index contributed by atoms with van der Waals surface area (Å²) in [7, 11) is 0. The van der Waals surface area contributed by atoms with Crippen LogP contribution < -0.4 is 0 Å². The van der Waals surface area contributed by atoms with Crippen LogP contribution in [0.25, 0.3) is 0 Å². The van der Waals surface area contributed by atoms with Gasteiger partial charge >= 0.3 is 0 Å². The van der Waals surface area contributed by atoms with Gasteiger partial charge in [-0.2, -0.15) is 5.26 Å². The van der Waals surface area contributed by atoms with E-state index in [1.54, 1.807) is 0 Å². The predicted octanol–water partition coefficient (Wildman–Crippen LogP) is 4.05. The summed E-state index contributed by atoms with van der Waals surface area (Å²) >= 11 is 0. The van der Waals surface area contributed by atoms with Gasteiger partial charge in [-0.1, -0.05) is 12.1 Å². The molecule has 5 aliphatic rings. The maximum absolute atomic E-state index is 13.0. The number of carbonyl (C=O) groups is 1. The number of imidazole rings is 1. The second kappa shape index (κ2) is 8.85. The van der Waals surface area contributed by atoms with Gasteiger partial charge in [0, 0.05) is 38.9 Å². The quantitative estimate of drug-likeness (QED) is 0.629. The van der Waals surface area contributed by atoms with Crippen molar-refractivity contribution in [1.82, 2.24) is 19.4 Å². The summed E-state index contributed by atoms with van der Waals surface area (Å²) in [5.41, 5.74) is 3.49. The highest BCUT2D eigenvalue weighted by Gasteiger charge is 2.50. The second-order valence-electron chi connectivity index (χ2n) is 11.6. The van der Waals surface area contributed by atoms with Crippen LogP contribution >= 0.6 is 0 Å². The minimum absolute atomic E-state index is 0.286. The Balaban J connectivity index is 1.02. The Morgan fingerprint density at radius 3 is 2.35 bits per heavy atom. The lowest BCUT2D eigenvalue weighted by molar-refractivity contribution is -0.137. The molecule has 1 aromatic carbocycles. The fourth-order valence-electron chi connectivity index (χ4n) is 7.83. The number of nitrogens with zero attached hydrogens (tertiary/aromatic N) is 5. The zero-order valence-electron chi connectivity index (χ0n) is 20.0. The van der Waals surface area contributed by atoms with Crippen LogP contribution in [0.3, 0.4) is 0 Å². The molecule has 1 aromatic heterocycles. The number of hydrogen-bond donors (Lipinski definition) is 0. The Morgan fingerprint density at radius 2 is 1.71 bits per heavy atom. The summed E-state index contributed by atoms with van der Waals surface area (Å²) < 4.78 is 2.14. The highest BCUT2D eigenvalue weighted by Crippen LogP contribution is 2.61. The molecule has 4 aliphatic carbocycles. The third kappa shape index (κ3) is 4.38. The molecule has 4 saturated carbocycles. The number of hydrogen-bond acceptors (Lipinski definition) is 4. The molecule has 34 heavy (non-hydrogen) atoms. The van der Waals surface area contributed by atoms with Gasteiger partial charge in [0.25, 0.3) is 0 Å². The Hall–Kier alpha value is -2.65. The first-order valence-corrected chi connectivity index (χ1v) is 13.1. The molecule has 2 heterocycles. The van der Waals surface area contributed by atoms with E-state index in [2.05, 4.69) is 25.4 Å². The molecule has 7 rings (SSSR count). The first-order chi connectivity index (χ1) is 16.6. The molecule has 0 unspecified atom stereocenters. The van der Waals surface area contributed by atoms with Crippen molar-refractivity contribution in [2.75, 3.05) is 26.2 Å². The van der Waals surface area contributed by atoms with Crippen molar-refractivity contribution < 1.29 is 4.79 Å². The number of carbonyl (C=O) groups excluding carboxylic acids is 1. The number of rotatable bonds is 7. The van der Waals surface area contributed by atoms with E-state index in [9.17, 15) is 4.79 Å². The molecular formula is C28H35N5O. The lowest BCUT2D eigenvalue weighted by atomic mass is 9.49. The van der Waals surface area contributed by atoms with E-state index < -0.39 is 0 Å². The lowest BCUT2D eigenvalue weighted by Gasteiger charge is -2.57. The Kier molecular flexibility index (Phi) is 5.69. The van der Waals surface area contributed by atoms with Crippen molar-refractivity contribution in [3.05, 3.63) is 53.6 Å². The van der Waals surface area contributed by atoms with Gasteiger partial charge in [0.15, 0.2) is 0 Å². The van der Waals surface area contributed by atoms with E-state index in [0.29, 0.717) is 17.5 Å². The van der Waals surface area contributed by atoms with E-state index in [1.807, 2.05) is 36.8 Å². The van der Waals surface area contributed by atoms with Crippen molar-refractivity contribution in [2.45, 2.75) is 58.0 Å². The maximum atomic E-state index is 13.0. The van der Waals surface area contributed by atoms with Crippen LogP contribution in [0.15, 0.2) is 36.8 Å². The van der Waals surface area contributed by atoms with Gasteiger partial charge in [0.1, 0.15) is 0 Å². The first kappa shape index (κ1) is 21.9. The highest BCUT2D eigenvalue weighted by atomic mass is 16.2. The third-order valence-electron chi connectivity index (χ3n) is 9.09. The predicted molar refractivity (Wildman–Crippen MR) is 130 cm³/mol. The smallest absolute Gasteiger partial charge is 0.236 e.